The van der Waals surface area contributed by atoms with Gasteiger partial charge in [-0.1, -0.05) is 18.2 Å². The van der Waals surface area contributed by atoms with Crippen LogP contribution in [0.25, 0.3) is 10.9 Å². The topological polar surface area (TPSA) is 84.1 Å². The summed E-state index contributed by atoms with van der Waals surface area (Å²) in [6.07, 6.45) is 0. The third-order valence-electron chi connectivity index (χ3n) is 3.84. The summed E-state index contributed by atoms with van der Waals surface area (Å²) in [5.74, 6) is -0.911. The average molecular weight is 341 g/mol. The highest BCUT2D eigenvalue weighted by Crippen LogP contribution is 2.27. The van der Waals surface area contributed by atoms with Crippen molar-refractivity contribution in [1.29, 1.82) is 0 Å². The zero-order chi connectivity index (χ0) is 18.0. The second-order valence-corrected chi connectivity index (χ2v) is 5.48. The van der Waals surface area contributed by atoms with Crippen LogP contribution in [0.2, 0.25) is 0 Å². The highest BCUT2D eigenvalue weighted by molar-refractivity contribution is 5.92. The highest BCUT2D eigenvalue weighted by Gasteiger charge is 2.20. The average Bonchev–Trinajstić information content (AvgIpc) is 2.61. The Kier molecular flexibility index (Phi) is 4.47. The van der Waals surface area contributed by atoms with E-state index in [0.717, 1.165) is 0 Å². The van der Waals surface area contributed by atoms with Gasteiger partial charge in [-0.2, -0.15) is 0 Å². The molecule has 0 aliphatic heterocycles. The fourth-order valence-corrected chi connectivity index (χ4v) is 2.65. The number of methoxy groups -OCH3 is 1. The largest absolute Gasteiger partial charge is 0.496 e. The summed E-state index contributed by atoms with van der Waals surface area (Å²) in [5.41, 5.74) is 0.223. The Hall–Kier alpha value is -3.22. The van der Waals surface area contributed by atoms with Crippen LogP contribution in [-0.2, 0) is 0 Å². The Bertz CT molecular complexity index is 1000. The molecule has 1 aromatic heterocycles. The smallest absolute Gasteiger partial charge is 0.287 e. The van der Waals surface area contributed by atoms with Gasteiger partial charge in [0, 0.05) is 0 Å². The van der Waals surface area contributed by atoms with Crippen molar-refractivity contribution in [2.45, 2.75) is 13.0 Å². The quantitative estimate of drug-likeness (QED) is 0.764. The molecule has 0 aliphatic rings. The van der Waals surface area contributed by atoms with Gasteiger partial charge in [-0.3, -0.25) is 9.59 Å². The number of H-pyrrole nitrogens is 1. The third-order valence-corrected chi connectivity index (χ3v) is 3.84. The van der Waals surface area contributed by atoms with Gasteiger partial charge in [0.1, 0.15) is 11.6 Å². The second-order valence-electron chi connectivity index (χ2n) is 5.48. The van der Waals surface area contributed by atoms with Crippen molar-refractivity contribution in [2.75, 3.05) is 7.11 Å². The minimum Gasteiger partial charge on any atom is -0.496 e. The number of aromatic amines is 1. The fourth-order valence-electron chi connectivity index (χ4n) is 2.65. The number of benzene rings is 2. The van der Waals surface area contributed by atoms with Gasteiger partial charge in [-0.05, 0) is 31.2 Å². The number of carbonyl (C=O) groups excluding carboxylic acids is 1. The fraction of sp³-hybridized carbons (Fsp3) is 0.167. The third kappa shape index (κ3) is 3.21. The molecule has 1 unspecified atom stereocenters. The van der Waals surface area contributed by atoms with Crippen LogP contribution >= 0.6 is 0 Å². The number of carbonyl (C=O) groups is 1. The lowest BCUT2D eigenvalue weighted by Gasteiger charge is -2.17. The molecule has 0 saturated heterocycles. The molecule has 7 heteroatoms. The first kappa shape index (κ1) is 16.6. The lowest BCUT2D eigenvalue weighted by atomic mass is 10.1. The molecular weight excluding hydrogens is 325 g/mol. The molecule has 0 bridgehead atoms. The summed E-state index contributed by atoms with van der Waals surface area (Å²) in [5, 5.41) is 3.02. The molecule has 2 aromatic carbocycles. The number of fused-ring (bicyclic) bond motifs is 1. The molecule has 0 aliphatic carbocycles. The van der Waals surface area contributed by atoms with E-state index in [1.54, 1.807) is 37.3 Å². The standard InChI is InChI=1S/C18H16FN3O3/c1-10(15-12(19)7-5-9-14(15)25-2)20-18(24)16-21-13-8-4-3-6-11(13)17(23)22-16/h3-10H,1-2H3,(H,20,24)(H,21,22,23). The van der Waals surface area contributed by atoms with Gasteiger partial charge in [0.15, 0.2) is 5.82 Å². The lowest BCUT2D eigenvalue weighted by molar-refractivity contribution is 0.0928. The van der Waals surface area contributed by atoms with Crippen LogP contribution in [0.5, 0.6) is 5.75 Å². The molecule has 0 radical (unpaired) electrons. The summed E-state index contributed by atoms with van der Waals surface area (Å²) in [6.45, 7) is 1.62. The zero-order valence-electron chi connectivity index (χ0n) is 13.7. The SMILES string of the molecule is COc1cccc(F)c1C(C)NC(=O)c1nc2ccccc2c(=O)[nH]1. The molecule has 1 amide bonds. The van der Waals surface area contributed by atoms with Crippen molar-refractivity contribution >= 4 is 16.8 Å². The van der Waals surface area contributed by atoms with Crippen molar-refractivity contribution in [3.8, 4) is 5.75 Å². The Balaban J connectivity index is 1.91. The van der Waals surface area contributed by atoms with E-state index in [1.807, 2.05) is 0 Å². The van der Waals surface area contributed by atoms with Gasteiger partial charge < -0.3 is 15.0 Å². The zero-order valence-corrected chi connectivity index (χ0v) is 13.7. The molecule has 3 rings (SSSR count). The summed E-state index contributed by atoms with van der Waals surface area (Å²) in [6, 6.07) is 10.4. The summed E-state index contributed by atoms with van der Waals surface area (Å²) < 4.78 is 19.3. The van der Waals surface area contributed by atoms with Crippen LogP contribution in [0.1, 0.15) is 29.1 Å². The summed E-state index contributed by atoms with van der Waals surface area (Å²) >= 11 is 0. The number of para-hydroxylation sites is 1. The first-order valence-electron chi connectivity index (χ1n) is 7.63. The van der Waals surface area contributed by atoms with Crippen LogP contribution in [0.15, 0.2) is 47.3 Å². The van der Waals surface area contributed by atoms with Crippen LogP contribution < -0.4 is 15.6 Å². The van der Waals surface area contributed by atoms with Crippen LogP contribution in [-0.4, -0.2) is 23.0 Å². The van der Waals surface area contributed by atoms with Crippen LogP contribution in [0.3, 0.4) is 0 Å². The number of hydrogen-bond acceptors (Lipinski definition) is 4. The van der Waals surface area contributed by atoms with Gasteiger partial charge in [-0.25, -0.2) is 9.37 Å². The molecule has 0 spiro atoms. The van der Waals surface area contributed by atoms with E-state index in [9.17, 15) is 14.0 Å². The molecule has 128 valence electrons. The maximum Gasteiger partial charge on any atom is 0.287 e. The van der Waals surface area contributed by atoms with Gasteiger partial charge >= 0.3 is 0 Å². The van der Waals surface area contributed by atoms with E-state index in [4.69, 9.17) is 4.74 Å². The Morgan fingerprint density at radius 3 is 2.76 bits per heavy atom. The van der Waals surface area contributed by atoms with Gasteiger partial charge in [0.25, 0.3) is 11.5 Å². The van der Waals surface area contributed by atoms with Crippen LogP contribution in [0.4, 0.5) is 4.39 Å². The lowest BCUT2D eigenvalue weighted by Crippen LogP contribution is -2.30. The van der Waals surface area contributed by atoms with Crippen LogP contribution in [0, 0.1) is 5.82 Å². The molecule has 2 N–H and O–H groups in total. The van der Waals surface area contributed by atoms with E-state index < -0.39 is 23.3 Å². The minimum atomic E-state index is -0.680. The Morgan fingerprint density at radius 1 is 1.24 bits per heavy atom. The second kappa shape index (κ2) is 6.72. The number of rotatable bonds is 4. The maximum atomic E-state index is 14.1. The summed E-state index contributed by atoms with van der Waals surface area (Å²) in [7, 11) is 1.43. The van der Waals surface area contributed by atoms with Crippen molar-refractivity contribution in [2.24, 2.45) is 0 Å². The van der Waals surface area contributed by atoms with E-state index >= 15 is 0 Å². The Morgan fingerprint density at radius 2 is 2.00 bits per heavy atom. The first-order valence-corrected chi connectivity index (χ1v) is 7.63. The number of ether oxygens (including phenoxy) is 1. The van der Waals surface area contributed by atoms with Crippen molar-refractivity contribution in [1.82, 2.24) is 15.3 Å². The number of hydrogen-bond donors (Lipinski definition) is 2. The van der Waals surface area contributed by atoms with Gasteiger partial charge in [-0.15, -0.1) is 0 Å². The van der Waals surface area contributed by atoms with Crippen molar-refractivity contribution < 1.29 is 13.9 Å². The van der Waals surface area contributed by atoms with E-state index in [2.05, 4.69) is 15.3 Å². The van der Waals surface area contributed by atoms with E-state index in [0.29, 0.717) is 16.7 Å². The van der Waals surface area contributed by atoms with Crippen molar-refractivity contribution in [3.05, 3.63) is 70.0 Å². The molecule has 3 aromatic rings. The van der Waals surface area contributed by atoms with Gasteiger partial charge in [0.2, 0.25) is 0 Å². The molecular formula is C18H16FN3O3. The number of nitrogens with zero attached hydrogens (tertiary/aromatic N) is 1. The maximum absolute atomic E-state index is 14.1. The highest BCUT2D eigenvalue weighted by atomic mass is 19.1. The predicted molar refractivity (Wildman–Crippen MR) is 91.2 cm³/mol. The summed E-state index contributed by atoms with van der Waals surface area (Å²) in [4.78, 5) is 31.1. The molecule has 0 fully saturated rings. The Labute approximate surface area is 142 Å². The first-order chi connectivity index (χ1) is 12.0. The number of nitrogens with one attached hydrogen (secondary N) is 2. The van der Waals surface area contributed by atoms with E-state index in [1.165, 1.54) is 19.2 Å². The molecule has 1 atom stereocenters. The number of aromatic nitrogens is 2. The van der Waals surface area contributed by atoms with Gasteiger partial charge in [0.05, 0.1) is 29.6 Å². The van der Waals surface area contributed by atoms with E-state index in [-0.39, 0.29) is 11.4 Å². The monoisotopic (exact) mass is 341 g/mol. The predicted octanol–water partition coefficient (Wildman–Crippen LogP) is 2.56. The molecule has 1 heterocycles. The minimum absolute atomic E-state index is 0.133. The number of amides is 1. The molecule has 25 heavy (non-hydrogen) atoms. The molecule has 6 nitrogen and oxygen atoms in total. The normalized spacial score (nSPS) is 12.0. The molecule has 0 saturated carbocycles. The van der Waals surface area contributed by atoms with Crippen molar-refractivity contribution in [3.63, 3.8) is 0 Å². The number of halogens is 1.